The third kappa shape index (κ3) is 3.78. The minimum absolute atomic E-state index is 0. The summed E-state index contributed by atoms with van der Waals surface area (Å²) >= 11 is 11.0. The van der Waals surface area contributed by atoms with Gasteiger partial charge in [0.25, 0.3) is 0 Å². The van der Waals surface area contributed by atoms with Crippen LogP contribution >= 0.6 is 23.2 Å². The molecule has 15 heavy (non-hydrogen) atoms. The van der Waals surface area contributed by atoms with E-state index in [2.05, 4.69) is 0 Å². The van der Waals surface area contributed by atoms with Crippen molar-refractivity contribution in [2.24, 2.45) is 0 Å². The normalized spacial score (nSPS) is 10.1. The van der Waals surface area contributed by atoms with Crippen LogP contribution in [0.25, 0.3) is 0 Å². The predicted molar refractivity (Wildman–Crippen MR) is 49.9 cm³/mol. The average molecular weight is 257 g/mol. The summed E-state index contributed by atoms with van der Waals surface area (Å²) in [6.07, 6.45) is 1.07. The van der Waals surface area contributed by atoms with E-state index >= 15 is 0 Å². The van der Waals surface area contributed by atoms with Crippen LogP contribution in [0.1, 0.15) is 10.4 Å². The van der Waals surface area contributed by atoms with E-state index in [-0.39, 0.29) is 45.2 Å². The van der Waals surface area contributed by atoms with Gasteiger partial charge in [0, 0.05) is 5.56 Å². The van der Waals surface area contributed by atoms with Gasteiger partial charge in [-0.25, -0.2) is 4.39 Å². The Bertz CT molecular complexity index is 407. The van der Waals surface area contributed by atoms with Gasteiger partial charge in [-0.05, 0) is 18.2 Å². The van der Waals surface area contributed by atoms with E-state index in [1.807, 2.05) is 0 Å². The van der Waals surface area contributed by atoms with Crippen LogP contribution in [0, 0.1) is 5.82 Å². The zero-order valence-corrected chi connectivity index (χ0v) is 11.3. The smallest absolute Gasteiger partial charge is 0.878 e. The second-order valence-corrected chi connectivity index (χ2v) is 3.23. The molecule has 0 N–H and O–H groups in total. The maximum absolute atomic E-state index is 12.9. The van der Waals surface area contributed by atoms with E-state index in [1.165, 1.54) is 0 Å². The SMILES string of the molecule is O=C(C=C[O-])c1cc(F)c(Cl)cc1Cl.[Na+]. The van der Waals surface area contributed by atoms with Crippen molar-refractivity contribution in [1.29, 1.82) is 0 Å². The topological polar surface area (TPSA) is 40.1 Å². The van der Waals surface area contributed by atoms with Gasteiger partial charge in [0.2, 0.25) is 0 Å². The second-order valence-electron chi connectivity index (χ2n) is 2.41. The first kappa shape index (κ1) is 14.9. The first-order valence-electron chi connectivity index (χ1n) is 3.53. The number of hydrogen-bond acceptors (Lipinski definition) is 2. The quantitative estimate of drug-likeness (QED) is 0.229. The number of rotatable bonds is 2. The van der Waals surface area contributed by atoms with Crippen molar-refractivity contribution in [2.75, 3.05) is 0 Å². The van der Waals surface area contributed by atoms with Crippen molar-refractivity contribution in [3.63, 3.8) is 0 Å². The zero-order chi connectivity index (χ0) is 10.7. The maximum Gasteiger partial charge on any atom is 1.00 e. The molecule has 0 aliphatic rings. The number of hydrogen-bond donors (Lipinski definition) is 0. The summed E-state index contributed by atoms with van der Waals surface area (Å²) in [5, 5.41) is 9.86. The van der Waals surface area contributed by atoms with Gasteiger partial charge in [0.15, 0.2) is 5.78 Å². The molecule has 0 saturated carbocycles. The molecule has 2 nitrogen and oxygen atoms in total. The van der Waals surface area contributed by atoms with Crippen LogP contribution in [-0.2, 0) is 0 Å². The van der Waals surface area contributed by atoms with E-state index in [0.717, 1.165) is 18.2 Å². The fraction of sp³-hybridized carbons (Fsp3) is 0. The molecule has 1 aromatic carbocycles. The number of allylic oxidation sites excluding steroid dienone is 1. The van der Waals surface area contributed by atoms with E-state index in [4.69, 9.17) is 23.2 Å². The summed E-state index contributed by atoms with van der Waals surface area (Å²) in [7, 11) is 0. The van der Waals surface area contributed by atoms with E-state index < -0.39 is 11.6 Å². The van der Waals surface area contributed by atoms with Crippen LogP contribution in [0.5, 0.6) is 0 Å². The van der Waals surface area contributed by atoms with Crippen LogP contribution < -0.4 is 34.7 Å². The molecule has 0 saturated heterocycles. The van der Waals surface area contributed by atoms with Crippen LogP contribution in [0.15, 0.2) is 24.5 Å². The largest absolute Gasteiger partial charge is 1.00 e. The Hall–Kier alpha value is -0.0600. The summed E-state index contributed by atoms with van der Waals surface area (Å²) in [5.74, 6) is -1.40. The van der Waals surface area contributed by atoms with Gasteiger partial charge in [-0.15, -0.1) is 6.26 Å². The molecule has 0 aromatic heterocycles. The zero-order valence-electron chi connectivity index (χ0n) is 7.76. The average Bonchev–Trinajstić information content (AvgIpc) is 2.11. The van der Waals surface area contributed by atoms with Crippen molar-refractivity contribution >= 4 is 29.0 Å². The Labute approximate surface area is 118 Å². The molecular formula is C9H4Cl2FNaO2. The molecule has 0 aliphatic heterocycles. The Morgan fingerprint density at radius 1 is 1.33 bits per heavy atom. The minimum Gasteiger partial charge on any atom is -0.878 e. The molecule has 0 radical (unpaired) electrons. The van der Waals surface area contributed by atoms with Gasteiger partial charge in [0.05, 0.1) is 10.0 Å². The third-order valence-electron chi connectivity index (χ3n) is 1.49. The molecule has 0 aliphatic carbocycles. The van der Waals surface area contributed by atoms with Crippen LogP contribution in [0.3, 0.4) is 0 Å². The fourth-order valence-electron chi connectivity index (χ4n) is 0.863. The van der Waals surface area contributed by atoms with Crippen molar-refractivity contribution in [1.82, 2.24) is 0 Å². The molecule has 1 rings (SSSR count). The van der Waals surface area contributed by atoms with Gasteiger partial charge in [0.1, 0.15) is 5.82 Å². The fourth-order valence-corrected chi connectivity index (χ4v) is 1.34. The van der Waals surface area contributed by atoms with Crippen LogP contribution in [0.2, 0.25) is 10.0 Å². The predicted octanol–water partition coefficient (Wildman–Crippen LogP) is -0.807. The molecule has 0 atom stereocenters. The molecule has 0 unspecified atom stereocenters. The summed E-state index contributed by atoms with van der Waals surface area (Å²) in [6.45, 7) is 0. The Balaban J connectivity index is 0.00000196. The Morgan fingerprint density at radius 2 is 1.93 bits per heavy atom. The van der Waals surface area contributed by atoms with Crippen LogP contribution in [0.4, 0.5) is 4.39 Å². The number of carbonyl (C=O) groups is 1. The Morgan fingerprint density at radius 3 is 2.47 bits per heavy atom. The van der Waals surface area contributed by atoms with E-state index in [9.17, 15) is 14.3 Å². The van der Waals surface area contributed by atoms with Gasteiger partial charge < -0.3 is 5.11 Å². The van der Waals surface area contributed by atoms with E-state index in [1.54, 1.807) is 0 Å². The first-order chi connectivity index (χ1) is 6.56. The molecule has 0 bridgehead atoms. The molecule has 74 valence electrons. The summed E-state index contributed by atoms with van der Waals surface area (Å²) in [5.41, 5.74) is -0.0827. The standard InChI is InChI=1S/C9H5Cl2FO2.Na/c10-6-4-7(11)8(12)3-5(6)9(14)1-2-13;/h1-4,13H;/q;+1/p-1. The number of halogens is 3. The summed E-state index contributed by atoms with van der Waals surface area (Å²) in [4.78, 5) is 11.1. The van der Waals surface area contributed by atoms with Crippen molar-refractivity contribution in [3.05, 3.63) is 45.9 Å². The van der Waals surface area contributed by atoms with Crippen molar-refractivity contribution < 1.29 is 43.8 Å². The molecule has 0 fully saturated rings. The van der Waals surface area contributed by atoms with Gasteiger partial charge in [-0.2, -0.15) is 0 Å². The summed E-state index contributed by atoms with van der Waals surface area (Å²) in [6, 6.07) is 2.01. The molecule has 0 amide bonds. The molecule has 0 spiro atoms. The number of ketones is 1. The van der Waals surface area contributed by atoms with Crippen molar-refractivity contribution in [3.8, 4) is 0 Å². The maximum atomic E-state index is 12.9. The van der Waals surface area contributed by atoms with Crippen LogP contribution in [-0.4, -0.2) is 5.78 Å². The van der Waals surface area contributed by atoms with Gasteiger partial charge >= 0.3 is 29.6 Å². The molecule has 1 aromatic rings. The van der Waals surface area contributed by atoms with E-state index in [0.29, 0.717) is 6.26 Å². The molecule has 0 heterocycles. The number of benzene rings is 1. The first-order valence-corrected chi connectivity index (χ1v) is 4.29. The monoisotopic (exact) mass is 256 g/mol. The molecule has 6 heteroatoms. The Kier molecular flexibility index (Phi) is 6.48. The summed E-state index contributed by atoms with van der Waals surface area (Å²) < 4.78 is 12.9. The third-order valence-corrected chi connectivity index (χ3v) is 2.10. The molecular weight excluding hydrogens is 253 g/mol. The van der Waals surface area contributed by atoms with Gasteiger partial charge in [-0.1, -0.05) is 23.2 Å². The minimum atomic E-state index is -0.751. The number of carbonyl (C=O) groups excluding carboxylic acids is 1. The second kappa shape index (κ2) is 6.51. The van der Waals surface area contributed by atoms with Crippen molar-refractivity contribution in [2.45, 2.75) is 0 Å². The van der Waals surface area contributed by atoms with Gasteiger partial charge in [-0.3, -0.25) is 4.79 Å².